The van der Waals surface area contributed by atoms with Crippen LogP contribution in [0.4, 0.5) is 11.4 Å². The monoisotopic (exact) mass is 668 g/mol. The van der Waals surface area contributed by atoms with E-state index in [-0.39, 0.29) is 11.8 Å². The van der Waals surface area contributed by atoms with Crippen molar-refractivity contribution >= 4 is 46.8 Å². The Hall–Kier alpha value is -5.76. The van der Waals surface area contributed by atoms with Gasteiger partial charge in [0, 0.05) is 37.6 Å². The van der Waals surface area contributed by atoms with Crippen LogP contribution in [0.15, 0.2) is 121 Å². The molecular weight excluding hydrogens is 624 g/mol. The first kappa shape index (κ1) is 35.5. The van der Waals surface area contributed by atoms with E-state index in [2.05, 4.69) is 16.7 Å². The van der Waals surface area contributed by atoms with Crippen molar-refractivity contribution in [1.29, 1.82) is 0 Å². The van der Waals surface area contributed by atoms with Gasteiger partial charge in [0.25, 0.3) is 0 Å². The summed E-state index contributed by atoms with van der Waals surface area (Å²) >= 11 is 0. The highest BCUT2D eigenvalue weighted by molar-refractivity contribution is 5.91. The van der Waals surface area contributed by atoms with Gasteiger partial charge in [-0.15, -0.1) is 0 Å². The smallest absolute Gasteiger partial charge is 0.226 e. The third kappa shape index (κ3) is 10.6. The van der Waals surface area contributed by atoms with Crippen LogP contribution in [-0.2, 0) is 32.0 Å². The molecule has 0 aromatic heterocycles. The van der Waals surface area contributed by atoms with Crippen molar-refractivity contribution in [3.8, 4) is 11.1 Å². The van der Waals surface area contributed by atoms with Gasteiger partial charge in [-0.2, -0.15) is 0 Å². The predicted octanol–water partition coefficient (Wildman–Crippen LogP) is 7.35. The number of carbonyl (C=O) groups is 4. The highest BCUT2D eigenvalue weighted by Crippen LogP contribution is 2.27. The number of amides is 4. The molecule has 2 aliphatic heterocycles. The second kappa shape index (κ2) is 18.7. The molecule has 0 atom stereocenters. The predicted molar refractivity (Wildman–Crippen MR) is 201 cm³/mol. The standard InChI is InChI=1S/C18H14N2O2.2C12H15NO/c21-11-19-17-6-3-13(4-7-17)14-1-2-16-10-18(20-12-22)8-5-15(16)9-14;2*14-12(13-8-4-5-9-13)10-11-6-2-1-3-7-11/h1-12H,(H,19,21)(H,20,22);2*1-3,6-7H,4-5,8-10H2. The van der Waals surface area contributed by atoms with Crippen LogP contribution < -0.4 is 10.6 Å². The SMILES string of the molecule is O=C(Cc1ccccc1)N1CCCC1.O=C(Cc1ccccc1)N1CCCC1.O=CNc1ccc(-c2ccc3cc(NC=O)ccc3c2)cc1. The van der Waals surface area contributed by atoms with Crippen LogP contribution in [0, 0.1) is 0 Å². The Balaban J connectivity index is 0.000000152. The number of rotatable bonds is 9. The van der Waals surface area contributed by atoms with E-state index in [1.54, 1.807) is 0 Å². The van der Waals surface area contributed by atoms with E-state index in [0.29, 0.717) is 25.7 Å². The molecule has 256 valence electrons. The Labute approximate surface area is 294 Å². The van der Waals surface area contributed by atoms with E-state index in [4.69, 9.17) is 0 Å². The summed E-state index contributed by atoms with van der Waals surface area (Å²) in [7, 11) is 0. The topological polar surface area (TPSA) is 98.8 Å². The van der Waals surface area contributed by atoms with E-state index < -0.39 is 0 Å². The summed E-state index contributed by atoms with van der Waals surface area (Å²) in [6.45, 7) is 3.80. The van der Waals surface area contributed by atoms with Gasteiger partial charge in [-0.05, 0) is 89.0 Å². The zero-order valence-corrected chi connectivity index (χ0v) is 28.3. The third-order valence-corrected chi connectivity index (χ3v) is 8.82. The molecule has 0 saturated carbocycles. The molecule has 2 saturated heterocycles. The number of likely N-dealkylation sites (tertiary alicyclic amines) is 2. The van der Waals surface area contributed by atoms with Gasteiger partial charge in [0.1, 0.15) is 0 Å². The molecule has 0 spiro atoms. The minimum atomic E-state index is 0.272. The first-order valence-corrected chi connectivity index (χ1v) is 17.2. The Bertz CT molecular complexity index is 1770. The molecule has 2 heterocycles. The summed E-state index contributed by atoms with van der Waals surface area (Å²) in [6.07, 6.45) is 7.12. The van der Waals surface area contributed by atoms with Crippen LogP contribution in [-0.4, -0.2) is 60.6 Å². The maximum Gasteiger partial charge on any atom is 0.226 e. The van der Waals surface area contributed by atoms with E-state index >= 15 is 0 Å². The number of benzene rings is 5. The molecule has 0 bridgehead atoms. The molecule has 8 heteroatoms. The maximum absolute atomic E-state index is 11.7. The van der Waals surface area contributed by atoms with Gasteiger partial charge < -0.3 is 20.4 Å². The summed E-state index contributed by atoms with van der Waals surface area (Å²) < 4.78 is 0. The van der Waals surface area contributed by atoms with Gasteiger partial charge in [0.2, 0.25) is 24.6 Å². The second-order valence-corrected chi connectivity index (χ2v) is 12.4. The zero-order valence-electron chi connectivity index (χ0n) is 28.3. The van der Waals surface area contributed by atoms with Crippen molar-refractivity contribution in [2.24, 2.45) is 0 Å². The highest BCUT2D eigenvalue weighted by Gasteiger charge is 2.18. The summed E-state index contributed by atoms with van der Waals surface area (Å²) in [5.41, 5.74) is 5.95. The number of hydrogen-bond donors (Lipinski definition) is 2. The summed E-state index contributed by atoms with van der Waals surface area (Å²) in [5, 5.41) is 7.43. The molecule has 2 aliphatic rings. The quantitative estimate of drug-likeness (QED) is 0.161. The third-order valence-electron chi connectivity index (χ3n) is 8.82. The Morgan fingerprint density at radius 3 is 1.42 bits per heavy atom. The molecule has 5 aromatic carbocycles. The van der Waals surface area contributed by atoms with Crippen LogP contribution >= 0.6 is 0 Å². The summed E-state index contributed by atoms with van der Waals surface area (Å²) in [6, 6.07) is 39.5. The van der Waals surface area contributed by atoms with Crippen LogP contribution in [0.1, 0.15) is 36.8 Å². The molecule has 2 N–H and O–H groups in total. The minimum absolute atomic E-state index is 0.272. The summed E-state index contributed by atoms with van der Waals surface area (Å²) in [5.74, 6) is 0.544. The van der Waals surface area contributed by atoms with Crippen molar-refractivity contribution in [2.45, 2.75) is 38.5 Å². The van der Waals surface area contributed by atoms with Crippen LogP contribution in [0.5, 0.6) is 0 Å². The van der Waals surface area contributed by atoms with Crippen molar-refractivity contribution in [3.05, 3.63) is 132 Å². The van der Waals surface area contributed by atoms with Crippen LogP contribution in [0.3, 0.4) is 0 Å². The van der Waals surface area contributed by atoms with Crippen LogP contribution in [0.25, 0.3) is 21.9 Å². The lowest BCUT2D eigenvalue weighted by atomic mass is 10.0. The number of carbonyl (C=O) groups excluding carboxylic acids is 4. The fourth-order valence-electron chi connectivity index (χ4n) is 6.11. The Morgan fingerprint density at radius 1 is 0.500 bits per heavy atom. The largest absolute Gasteiger partial charge is 0.342 e. The number of nitrogens with zero attached hydrogens (tertiary/aromatic N) is 2. The van der Waals surface area contributed by atoms with Crippen molar-refractivity contribution < 1.29 is 19.2 Å². The van der Waals surface area contributed by atoms with Gasteiger partial charge in [0.05, 0.1) is 12.8 Å². The first-order chi connectivity index (χ1) is 24.5. The van der Waals surface area contributed by atoms with Gasteiger partial charge in [0.15, 0.2) is 0 Å². The number of nitrogens with one attached hydrogen (secondary N) is 2. The lowest BCUT2D eigenvalue weighted by molar-refractivity contribution is -0.130. The molecule has 2 fully saturated rings. The molecule has 0 aliphatic carbocycles. The molecule has 0 radical (unpaired) electrons. The lowest BCUT2D eigenvalue weighted by Crippen LogP contribution is -2.28. The summed E-state index contributed by atoms with van der Waals surface area (Å²) in [4.78, 5) is 48.3. The van der Waals surface area contributed by atoms with Crippen LogP contribution in [0.2, 0.25) is 0 Å². The van der Waals surface area contributed by atoms with E-state index in [9.17, 15) is 19.2 Å². The van der Waals surface area contributed by atoms with Gasteiger partial charge >= 0.3 is 0 Å². The first-order valence-electron chi connectivity index (χ1n) is 17.2. The van der Waals surface area contributed by atoms with Crippen molar-refractivity contribution in [2.75, 3.05) is 36.8 Å². The van der Waals surface area contributed by atoms with E-state index in [1.807, 2.05) is 125 Å². The molecule has 5 aromatic rings. The molecule has 7 rings (SSSR count). The van der Waals surface area contributed by atoms with E-state index in [0.717, 1.165) is 70.6 Å². The average Bonchev–Trinajstić information content (AvgIpc) is 3.90. The van der Waals surface area contributed by atoms with Gasteiger partial charge in [-0.25, -0.2) is 0 Å². The molecule has 4 amide bonds. The lowest BCUT2D eigenvalue weighted by Gasteiger charge is -2.14. The Morgan fingerprint density at radius 2 is 0.920 bits per heavy atom. The van der Waals surface area contributed by atoms with Gasteiger partial charge in [-0.3, -0.25) is 19.2 Å². The molecule has 8 nitrogen and oxygen atoms in total. The fraction of sp³-hybridized carbons (Fsp3) is 0.238. The number of anilines is 2. The fourth-order valence-corrected chi connectivity index (χ4v) is 6.11. The maximum atomic E-state index is 11.7. The average molecular weight is 669 g/mol. The minimum Gasteiger partial charge on any atom is -0.342 e. The Kier molecular flexibility index (Phi) is 13.3. The second-order valence-electron chi connectivity index (χ2n) is 12.4. The number of hydrogen-bond acceptors (Lipinski definition) is 4. The van der Waals surface area contributed by atoms with Crippen molar-refractivity contribution in [1.82, 2.24) is 9.80 Å². The highest BCUT2D eigenvalue weighted by atomic mass is 16.2. The normalized spacial score (nSPS) is 13.4. The van der Waals surface area contributed by atoms with Crippen molar-refractivity contribution in [3.63, 3.8) is 0 Å². The molecule has 50 heavy (non-hydrogen) atoms. The van der Waals surface area contributed by atoms with E-state index in [1.165, 1.54) is 25.7 Å². The van der Waals surface area contributed by atoms with Gasteiger partial charge in [-0.1, -0.05) is 91.0 Å². The molecule has 0 unspecified atom stereocenters. The molecular formula is C42H44N4O4. The number of fused-ring (bicyclic) bond motifs is 1. The zero-order chi connectivity index (χ0) is 35.0.